The summed E-state index contributed by atoms with van der Waals surface area (Å²) in [6.07, 6.45) is -3.06. The van der Waals surface area contributed by atoms with Gasteiger partial charge in [-0.1, -0.05) is 0 Å². The number of hydrogen-bond donors (Lipinski definition) is 2. The summed E-state index contributed by atoms with van der Waals surface area (Å²) in [7, 11) is -4.18. The Morgan fingerprint density at radius 2 is 1.96 bits per heavy atom. The number of benzene rings is 1. The normalized spacial score (nSPS) is 27.6. The molecule has 0 spiro atoms. The molecule has 6 nitrogen and oxygen atoms in total. The molecule has 1 aliphatic carbocycles. The predicted octanol–water partition coefficient (Wildman–Crippen LogP) is 2.48. The van der Waals surface area contributed by atoms with Gasteiger partial charge in [-0.15, -0.1) is 4.40 Å². The van der Waals surface area contributed by atoms with Gasteiger partial charge in [-0.2, -0.15) is 21.6 Å². The van der Waals surface area contributed by atoms with Gasteiger partial charge in [0, 0.05) is 25.0 Å². The van der Waals surface area contributed by atoms with Gasteiger partial charge in [-0.25, -0.2) is 4.39 Å². The molecule has 0 radical (unpaired) electrons. The van der Waals surface area contributed by atoms with Crippen molar-refractivity contribution in [1.82, 2.24) is 5.32 Å². The lowest BCUT2D eigenvalue weighted by Gasteiger charge is -2.42. The summed E-state index contributed by atoms with van der Waals surface area (Å²) < 4.78 is 83.6. The van der Waals surface area contributed by atoms with E-state index in [-0.39, 0.29) is 42.3 Å². The summed E-state index contributed by atoms with van der Waals surface area (Å²) in [5, 5.41) is 5.64. The second kappa shape index (κ2) is 6.06. The molecule has 4 rings (SSSR count). The Morgan fingerprint density at radius 3 is 2.59 bits per heavy atom. The van der Waals surface area contributed by atoms with Crippen molar-refractivity contribution in [3.8, 4) is 0 Å². The highest BCUT2D eigenvalue weighted by atomic mass is 32.2. The Kier molecular flexibility index (Phi) is 4.15. The fourth-order valence-electron chi connectivity index (χ4n) is 3.46. The van der Waals surface area contributed by atoms with E-state index in [0.717, 1.165) is 29.9 Å². The third-order valence-electron chi connectivity index (χ3n) is 4.95. The molecule has 3 aliphatic rings. The smallest absolute Gasteiger partial charge is 0.355 e. The summed E-state index contributed by atoms with van der Waals surface area (Å²) in [5.74, 6) is -0.778. The summed E-state index contributed by atoms with van der Waals surface area (Å²) in [4.78, 5) is 0.593. The maximum atomic E-state index is 14.2. The first-order valence-corrected chi connectivity index (χ1v) is 10.0. The molecule has 11 heteroatoms. The second-order valence-electron chi connectivity index (χ2n) is 7.17. The van der Waals surface area contributed by atoms with Crippen LogP contribution in [0, 0.1) is 11.7 Å². The largest absolute Gasteiger partial charge is 0.409 e. The van der Waals surface area contributed by atoms with Crippen LogP contribution in [-0.4, -0.2) is 45.6 Å². The maximum absolute atomic E-state index is 14.2. The Balaban J connectivity index is 1.86. The number of halogens is 4. The van der Waals surface area contributed by atoms with Gasteiger partial charge in [0.1, 0.15) is 22.6 Å². The van der Waals surface area contributed by atoms with Crippen LogP contribution in [0.2, 0.25) is 0 Å². The molecule has 1 aromatic carbocycles. The van der Waals surface area contributed by atoms with Crippen LogP contribution < -0.4 is 15.5 Å². The third-order valence-corrected chi connectivity index (χ3v) is 6.27. The van der Waals surface area contributed by atoms with E-state index in [1.807, 2.05) is 0 Å². The highest BCUT2D eigenvalue weighted by Gasteiger charge is 2.47. The molecule has 2 aliphatic heterocycles. The van der Waals surface area contributed by atoms with Crippen LogP contribution >= 0.6 is 0 Å². The zero-order valence-electron chi connectivity index (χ0n) is 14.3. The number of nitrogens with zero attached hydrogens (tertiary/aromatic N) is 2. The minimum absolute atomic E-state index is 0.0309. The van der Waals surface area contributed by atoms with Crippen LogP contribution in [0.25, 0.3) is 0 Å². The number of anilines is 2. The Labute approximate surface area is 153 Å². The lowest BCUT2D eigenvalue weighted by molar-refractivity contribution is -0.150. The van der Waals surface area contributed by atoms with Crippen molar-refractivity contribution in [1.29, 1.82) is 0 Å². The van der Waals surface area contributed by atoms with E-state index >= 15 is 0 Å². The average Bonchev–Trinajstić information content (AvgIpc) is 3.38. The van der Waals surface area contributed by atoms with Crippen LogP contribution in [-0.2, 0) is 10.0 Å². The fraction of sp³-hybridized carbons (Fsp3) is 0.562. The van der Waals surface area contributed by atoms with Crippen molar-refractivity contribution in [2.24, 2.45) is 10.3 Å². The minimum atomic E-state index is -4.56. The molecule has 2 fully saturated rings. The molecular weight excluding hydrogens is 388 g/mol. The number of sulfonamides is 1. The standard InChI is InChI=1S/C16H18F4N4O2S/c1-8-7-24(13(6-21-8)16(18,19)20)11-4-10(17)5-12-14(11)22-15(9-2-3-9)23-27(12,25)26/h4-5,8-9,13,21H,2-3,6-7H2,1H3,(H,22,23)/t8-,13-/m0/s1. The second-order valence-corrected chi connectivity index (χ2v) is 8.74. The van der Waals surface area contributed by atoms with E-state index in [1.54, 1.807) is 6.92 Å². The molecular formula is C16H18F4N4O2S. The number of amidine groups is 1. The number of alkyl halides is 3. The molecule has 1 aromatic rings. The number of fused-ring (bicyclic) bond motifs is 1. The van der Waals surface area contributed by atoms with Crippen molar-refractivity contribution in [2.75, 3.05) is 23.3 Å². The summed E-state index contributed by atoms with van der Waals surface area (Å²) in [6, 6.07) is -0.428. The van der Waals surface area contributed by atoms with Crippen molar-refractivity contribution < 1.29 is 26.0 Å². The van der Waals surface area contributed by atoms with E-state index in [1.165, 1.54) is 0 Å². The van der Waals surface area contributed by atoms with Gasteiger partial charge < -0.3 is 15.5 Å². The molecule has 0 aromatic heterocycles. The quantitative estimate of drug-likeness (QED) is 0.739. The fourth-order valence-corrected chi connectivity index (χ4v) is 4.68. The van der Waals surface area contributed by atoms with Crippen molar-refractivity contribution >= 4 is 27.2 Å². The summed E-state index contributed by atoms with van der Waals surface area (Å²) >= 11 is 0. The summed E-state index contributed by atoms with van der Waals surface area (Å²) in [6.45, 7) is 1.30. The molecule has 148 valence electrons. The Morgan fingerprint density at radius 1 is 1.26 bits per heavy atom. The van der Waals surface area contributed by atoms with Gasteiger partial charge in [0.25, 0.3) is 10.0 Å². The van der Waals surface area contributed by atoms with Crippen LogP contribution in [0.4, 0.5) is 28.9 Å². The SMILES string of the molecule is C[C@H]1CN(c2cc(F)cc3c2NC(C2CC2)=NS3(=O)=O)[C@H](C(F)(F)F)CN1. The first kappa shape index (κ1) is 18.5. The number of piperazine rings is 1. The number of rotatable bonds is 2. The molecule has 0 amide bonds. The van der Waals surface area contributed by atoms with E-state index in [9.17, 15) is 26.0 Å². The van der Waals surface area contributed by atoms with E-state index < -0.39 is 33.0 Å². The van der Waals surface area contributed by atoms with E-state index in [2.05, 4.69) is 15.0 Å². The number of nitrogens with one attached hydrogen (secondary N) is 2. The van der Waals surface area contributed by atoms with Gasteiger partial charge >= 0.3 is 6.18 Å². The molecule has 2 N–H and O–H groups in total. The van der Waals surface area contributed by atoms with Crippen LogP contribution in [0.3, 0.4) is 0 Å². The van der Waals surface area contributed by atoms with Crippen LogP contribution in [0.15, 0.2) is 21.4 Å². The first-order valence-electron chi connectivity index (χ1n) is 8.58. The minimum Gasteiger partial charge on any atom is -0.355 e. The van der Waals surface area contributed by atoms with Gasteiger partial charge in [0.15, 0.2) is 0 Å². The highest BCUT2D eigenvalue weighted by molar-refractivity contribution is 7.90. The van der Waals surface area contributed by atoms with Gasteiger partial charge in [-0.3, -0.25) is 0 Å². The first-order chi connectivity index (χ1) is 12.6. The highest BCUT2D eigenvalue weighted by Crippen LogP contribution is 2.43. The lowest BCUT2D eigenvalue weighted by atomic mass is 10.1. The van der Waals surface area contributed by atoms with Crippen molar-refractivity contribution in [3.05, 3.63) is 17.9 Å². The van der Waals surface area contributed by atoms with Crippen LogP contribution in [0.5, 0.6) is 0 Å². The summed E-state index contributed by atoms with van der Waals surface area (Å²) in [5.41, 5.74) is -0.144. The molecule has 2 heterocycles. The van der Waals surface area contributed by atoms with Gasteiger partial charge in [-0.05, 0) is 31.9 Å². The van der Waals surface area contributed by atoms with Gasteiger partial charge in [0.05, 0.1) is 11.4 Å². The molecule has 1 saturated heterocycles. The molecule has 2 atom stereocenters. The maximum Gasteiger partial charge on any atom is 0.409 e. The van der Waals surface area contributed by atoms with Crippen molar-refractivity contribution in [3.63, 3.8) is 0 Å². The molecule has 0 unspecified atom stereocenters. The predicted molar refractivity (Wildman–Crippen MR) is 92.0 cm³/mol. The third kappa shape index (κ3) is 3.38. The van der Waals surface area contributed by atoms with E-state index in [0.29, 0.717) is 0 Å². The lowest BCUT2D eigenvalue weighted by Crippen LogP contribution is -2.61. The molecule has 27 heavy (non-hydrogen) atoms. The Bertz CT molecular complexity index is 912. The zero-order valence-corrected chi connectivity index (χ0v) is 15.2. The van der Waals surface area contributed by atoms with Crippen molar-refractivity contribution in [2.45, 2.75) is 42.9 Å². The number of hydrogen-bond acceptors (Lipinski definition) is 5. The average molecular weight is 406 g/mol. The van der Waals surface area contributed by atoms with E-state index in [4.69, 9.17) is 0 Å². The monoisotopic (exact) mass is 406 g/mol. The topological polar surface area (TPSA) is 73.8 Å². The van der Waals surface area contributed by atoms with Gasteiger partial charge in [0.2, 0.25) is 0 Å². The zero-order chi connectivity index (χ0) is 19.6. The molecule has 1 saturated carbocycles. The van der Waals surface area contributed by atoms with Crippen LogP contribution in [0.1, 0.15) is 19.8 Å². The Hall–Kier alpha value is -1.88. The molecule has 0 bridgehead atoms.